The first-order chi connectivity index (χ1) is 11.1. The molecule has 2 rings (SSSR count). The maximum Gasteiger partial charge on any atom is 0.308 e. The van der Waals surface area contributed by atoms with Crippen molar-refractivity contribution in [2.24, 2.45) is 0 Å². The Morgan fingerprint density at radius 1 is 1.13 bits per heavy atom. The molecule has 1 amide bonds. The molecule has 1 aromatic carbocycles. The highest BCUT2D eigenvalue weighted by Gasteiger charge is 2.17. The van der Waals surface area contributed by atoms with Crippen molar-refractivity contribution in [3.8, 4) is 0 Å². The van der Waals surface area contributed by atoms with Gasteiger partial charge in [-0.15, -0.1) is 0 Å². The van der Waals surface area contributed by atoms with E-state index < -0.39 is 12.1 Å². The van der Waals surface area contributed by atoms with Gasteiger partial charge in [0, 0.05) is 24.6 Å². The van der Waals surface area contributed by atoms with E-state index >= 15 is 0 Å². The fourth-order valence-electron chi connectivity index (χ4n) is 1.74. The molecule has 2 N–H and O–H groups in total. The largest absolute Gasteiger partial charge is 0.452 e. The lowest BCUT2D eigenvalue weighted by atomic mass is 10.3. The van der Waals surface area contributed by atoms with Gasteiger partial charge in [-0.3, -0.25) is 9.59 Å². The molecule has 7 heteroatoms. The van der Waals surface area contributed by atoms with Crippen molar-refractivity contribution < 1.29 is 14.3 Å². The number of carbonyl (C=O) groups is 2. The SMILES string of the molecule is CC(OC(=O)CCNc1ncccn1)C(=O)Nc1ccccc1. The Morgan fingerprint density at radius 3 is 2.52 bits per heavy atom. The minimum atomic E-state index is -0.865. The second kappa shape index (κ2) is 8.47. The molecule has 0 aliphatic heterocycles. The van der Waals surface area contributed by atoms with Crippen LogP contribution in [0, 0.1) is 0 Å². The fraction of sp³-hybridized carbons (Fsp3) is 0.250. The summed E-state index contributed by atoms with van der Waals surface area (Å²) in [6.45, 7) is 1.86. The second-order valence-corrected chi connectivity index (χ2v) is 4.74. The van der Waals surface area contributed by atoms with Crippen LogP contribution in [-0.4, -0.2) is 34.5 Å². The summed E-state index contributed by atoms with van der Waals surface area (Å²) in [5.41, 5.74) is 0.656. The van der Waals surface area contributed by atoms with Gasteiger partial charge in [0.25, 0.3) is 5.91 Å². The van der Waals surface area contributed by atoms with Crippen LogP contribution in [0.1, 0.15) is 13.3 Å². The van der Waals surface area contributed by atoms with Gasteiger partial charge in [-0.2, -0.15) is 0 Å². The molecule has 120 valence electrons. The number of aromatic nitrogens is 2. The van der Waals surface area contributed by atoms with E-state index in [1.54, 1.807) is 30.6 Å². The molecule has 1 atom stereocenters. The van der Waals surface area contributed by atoms with Crippen LogP contribution in [0.15, 0.2) is 48.8 Å². The van der Waals surface area contributed by atoms with Gasteiger partial charge in [-0.05, 0) is 25.1 Å². The molecule has 2 aromatic rings. The summed E-state index contributed by atoms with van der Waals surface area (Å²) in [6.07, 6.45) is 2.45. The van der Waals surface area contributed by atoms with Crippen molar-refractivity contribution in [1.29, 1.82) is 0 Å². The van der Waals surface area contributed by atoms with Crippen molar-refractivity contribution in [2.45, 2.75) is 19.4 Å². The molecule has 23 heavy (non-hydrogen) atoms. The van der Waals surface area contributed by atoms with Crippen LogP contribution in [0.2, 0.25) is 0 Å². The lowest BCUT2D eigenvalue weighted by molar-refractivity contribution is -0.152. The van der Waals surface area contributed by atoms with E-state index in [0.717, 1.165) is 0 Å². The van der Waals surface area contributed by atoms with Crippen molar-refractivity contribution in [3.05, 3.63) is 48.8 Å². The Balaban J connectivity index is 1.70. The lowest BCUT2D eigenvalue weighted by Crippen LogP contribution is -2.30. The zero-order chi connectivity index (χ0) is 16.5. The minimum absolute atomic E-state index is 0.112. The topological polar surface area (TPSA) is 93.2 Å². The number of nitrogens with one attached hydrogen (secondary N) is 2. The number of para-hydroxylation sites is 1. The molecular formula is C16H18N4O3. The van der Waals surface area contributed by atoms with Gasteiger partial charge in [0.05, 0.1) is 6.42 Å². The zero-order valence-corrected chi connectivity index (χ0v) is 12.7. The number of hydrogen-bond acceptors (Lipinski definition) is 6. The Morgan fingerprint density at radius 2 is 1.83 bits per heavy atom. The molecule has 7 nitrogen and oxygen atoms in total. The van der Waals surface area contributed by atoms with E-state index in [1.165, 1.54) is 6.92 Å². The van der Waals surface area contributed by atoms with E-state index in [2.05, 4.69) is 20.6 Å². The number of carbonyl (C=O) groups excluding carboxylic acids is 2. The Kier molecular flexibility index (Phi) is 6.05. The summed E-state index contributed by atoms with van der Waals surface area (Å²) in [7, 11) is 0. The number of benzene rings is 1. The van der Waals surface area contributed by atoms with Crippen LogP contribution >= 0.6 is 0 Å². The van der Waals surface area contributed by atoms with Gasteiger partial charge in [0.1, 0.15) is 0 Å². The molecule has 0 saturated carbocycles. The van der Waals surface area contributed by atoms with Crippen LogP contribution in [0.4, 0.5) is 11.6 Å². The molecule has 1 unspecified atom stereocenters. The van der Waals surface area contributed by atoms with Crippen LogP contribution in [0.3, 0.4) is 0 Å². The number of anilines is 2. The highest BCUT2D eigenvalue weighted by Crippen LogP contribution is 2.07. The number of amides is 1. The highest BCUT2D eigenvalue weighted by atomic mass is 16.5. The van der Waals surface area contributed by atoms with Gasteiger partial charge >= 0.3 is 5.97 Å². The fourth-order valence-corrected chi connectivity index (χ4v) is 1.74. The average molecular weight is 314 g/mol. The van der Waals surface area contributed by atoms with Gasteiger partial charge in [0.2, 0.25) is 5.95 Å². The Bertz CT molecular complexity index is 634. The van der Waals surface area contributed by atoms with Gasteiger partial charge in [-0.1, -0.05) is 18.2 Å². The first-order valence-corrected chi connectivity index (χ1v) is 7.21. The lowest BCUT2D eigenvalue weighted by Gasteiger charge is -2.13. The summed E-state index contributed by atoms with van der Waals surface area (Å²) in [5, 5.41) is 5.57. The van der Waals surface area contributed by atoms with Crippen molar-refractivity contribution >= 4 is 23.5 Å². The molecule has 0 aliphatic rings. The van der Waals surface area contributed by atoms with E-state index in [1.807, 2.05) is 18.2 Å². The summed E-state index contributed by atoms with van der Waals surface area (Å²) < 4.78 is 5.09. The van der Waals surface area contributed by atoms with Gasteiger partial charge in [0.15, 0.2) is 6.10 Å². The third kappa shape index (κ3) is 5.74. The summed E-state index contributed by atoms with van der Waals surface area (Å²) in [6, 6.07) is 10.7. The van der Waals surface area contributed by atoms with E-state index in [4.69, 9.17) is 4.74 Å². The van der Waals surface area contributed by atoms with Crippen molar-refractivity contribution in [1.82, 2.24) is 9.97 Å². The summed E-state index contributed by atoms with van der Waals surface area (Å²) >= 11 is 0. The predicted octanol–water partition coefficient (Wildman–Crippen LogP) is 1.85. The molecule has 1 aromatic heterocycles. The van der Waals surface area contributed by atoms with E-state index in [0.29, 0.717) is 18.2 Å². The molecular weight excluding hydrogens is 296 g/mol. The predicted molar refractivity (Wildman–Crippen MR) is 85.8 cm³/mol. The molecule has 0 bridgehead atoms. The van der Waals surface area contributed by atoms with Crippen LogP contribution in [-0.2, 0) is 14.3 Å². The minimum Gasteiger partial charge on any atom is -0.452 e. The van der Waals surface area contributed by atoms with Crippen LogP contribution < -0.4 is 10.6 Å². The third-order valence-corrected chi connectivity index (χ3v) is 2.90. The standard InChI is InChI=1S/C16H18N4O3/c1-12(15(22)20-13-6-3-2-4-7-13)23-14(21)8-11-19-16-17-9-5-10-18-16/h2-7,9-10,12H,8,11H2,1H3,(H,20,22)(H,17,18,19). The average Bonchev–Trinajstić information content (AvgIpc) is 2.56. The smallest absolute Gasteiger partial charge is 0.308 e. The molecule has 0 saturated heterocycles. The van der Waals surface area contributed by atoms with Gasteiger partial charge < -0.3 is 15.4 Å². The molecule has 0 spiro atoms. The summed E-state index contributed by atoms with van der Waals surface area (Å²) in [4.78, 5) is 31.6. The third-order valence-electron chi connectivity index (χ3n) is 2.90. The normalized spacial score (nSPS) is 11.3. The quantitative estimate of drug-likeness (QED) is 0.758. The zero-order valence-electron chi connectivity index (χ0n) is 12.7. The Hall–Kier alpha value is -2.96. The number of rotatable bonds is 7. The van der Waals surface area contributed by atoms with Crippen molar-refractivity contribution in [3.63, 3.8) is 0 Å². The second-order valence-electron chi connectivity index (χ2n) is 4.74. The molecule has 0 aliphatic carbocycles. The number of nitrogens with zero attached hydrogens (tertiary/aromatic N) is 2. The number of hydrogen-bond donors (Lipinski definition) is 2. The number of esters is 1. The monoisotopic (exact) mass is 314 g/mol. The highest BCUT2D eigenvalue weighted by molar-refractivity contribution is 5.95. The van der Waals surface area contributed by atoms with Crippen molar-refractivity contribution in [2.75, 3.05) is 17.2 Å². The number of ether oxygens (including phenoxy) is 1. The van der Waals surface area contributed by atoms with Crippen LogP contribution in [0.25, 0.3) is 0 Å². The van der Waals surface area contributed by atoms with E-state index in [-0.39, 0.29) is 12.3 Å². The first kappa shape index (κ1) is 16.4. The first-order valence-electron chi connectivity index (χ1n) is 7.21. The molecule has 0 fully saturated rings. The van der Waals surface area contributed by atoms with E-state index in [9.17, 15) is 9.59 Å². The molecule has 1 heterocycles. The van der Waals surface area contributed by atoms with Crippen LogP contribution in [0.5, 0.6) is 0 Å². The maximum atomic E-state index is 11.9. The summed E-state index contributed by atoms with van der Waals surface area (Å²) in [5.74, 6) is -0.400. The molecule has 0 radical (unpaired) electrons. The maximum absolute atomic E-state index is 11.9. The van der Waals surface area contributed by atoms with Gasteiger partial charge in [-0.25, -0.2) is 9.97 Å². The Labute approximate surface area is 134 Å².